The zero-order valence-corrected chi connectivity index (χ0v) is 18.6. The second-order valence-electron chi connectivity index (χ2n) is 8.93. The van der Waals surface area contributed by atoms with Gasteiger partial charge < -0.3 is 14.4 Å². The van der Waals surface area contributed by atoms with Crippen LogP contribution in [0.4, 0.5) is 0 Å². The lowest BCUT2D eigenvalue weighted by atomic mass is 9.80. The Balaban J connectivity index is 1.30. The van der Waals surface area contributed by atoms with E-state index in [4.69, 9.17) is 9.47 Å². The van der Waals surface area contributed by atoms with Crippen LogP contribution >= 0.6 is 0 Å². The Morgan fingerprint density at radius 1 is 1.09 bits per heavy atom. The molecule has 2 aliphatic heterocycles. The van der Waals surface area contributed by atoms with Crippen molar-refractivity contribution in [1.82, 2.24) is 9.88 Å². The molecule has 2 atom stereocenters. The van der Waals surface area contributed by atoms with Gasteiger partial charge in [0.1, 0.15) is 5.69 Å². The summed E-state index contributed by atoms with van der Waals surface area (Å²) in [6, 6.07) is 20.3. The number of rotatable bonds is 4. The SMILES string of the molecule is CCO[C@H]1C[C@@H](c2ccccc2)OC2(CCN(C(=O)c3cc4ccccc4cn3)CC2)C1. The highest BCUT2D eigenvalue weighted by Crippen LogP contribution is 2.44. The first-order valence-corrected chi connectivity index (χ1v) is 11.6. The highest BCUT2D eigenvalue weighted by Gasteiger charge is 2.45. The van der Waals surface area contributed by atoms with E-state index in [2.05, 4.69) is 36.2 Å². The number of hydrogen-bond donors (Lipinski definition) is 0. The van der Waals surface area contributed by atoms with Gasteiger partial charge in [-0.15, -0.1) is 0 Å². The molecule has 1 spiro atoms. The molecule has 5 rings (SSSR count). The van der Waals surface area contributed by atoms with Crippen molar-refractivity contribution >= 4 is 16.7 Å². The number of ether oxygens (including phenoxy) is 2. The van der Waals surface area contributed by atoms with Crippen LogP contribution in [0.1, 0.15) is 54.8 Å². The molecular weight excluding hydrogens is 400 g/mol. The summed E-state index contributed by atoms with van der Waals surface area (Å²) in [6.45, 7) is 4.11. The Bertz CT molecular complexity index is 1080. The van der Waals surface area contributed by atoms with Crippen LogP contribution in [-0.2, 0) is 9.47 Å². The molecule has 0 saturated carbocycles. The molecule has 166 valence electrons. The number of carbonyl (C=O) groups is 1. The third-order valence-corrected chi connectivity index (χ3v) is 6.85. The van der Waals surface area contributed by atoms with Crippen molar-refractivity contribution in [2.75, 3.05) is 19.7 Å². The lowest BCUT2D eigenvalue weighted by Crippen LogP contribution is -2.52. The standard InChI is InChI=1S/C27H30N2O3/c1-2-31-23-17-25(20-8-4-3-5-9-20)32-27(18-23)12-14-29(15-13-27)26(30)24-16-21-10-6-7-11-22(21)19-28-24/h3-11,16,19,23,25H,2,12-15,17-18H2,1H3/t23-,25-/m0/s1. The maximum absolute atomic E-state index is 13.2. The van der Waals surface area contributed by atoms with Crippen LogP contribution in [0.5, 0.6) is 0 Å². The Hall–Kier alpha value is -2.76. The zero-order valence-electron chi connectivity index (χ0n) is 18.6. The maximum Gasteiger partial charge on any atom is 0.272 e. The number of benzene rings is 2. The predicted molar refractivity (Wildman–Crippen MR) is 125 cm³/mol. The number of hydrogen-bond acceptors (Lipinski definition) is 4. The number of pyridine rings is 1. The smallest absolute Gasteiger partial charge is 0.272 e. The third kappa shape index (κ3) is 4.27. The maximum atomic E-state index is 13.2. The molecule has 2 aliphatic rings. The van der Waals surface area contributed by atoms with Crippen molar-refractivity contribution in [1.29, 1.82) is 0 Å². The summed E-state index contributed by atoms with van der Waals surface area (Å²) in [4.78, 5) is 19.5. The van der Waals surface area contributed by atoms with Gasteiger partial charge in [-0.3, -0.25) is 9.78 Å². The summed E-state index contributed by atoms with van der Waals surface area (Å²) in [5.41, 5.74) is 1.47. The lowest BCUT2D eigenvalue weighted by Gasteiger charge is -2.48. The van der Waals surface area contributed by atoms with Crippen LogP contribution in [-0.4, -0.2) is 47.2 Å². The van der Waals surface area contributed by atoms with E-state index in [0.29, 0.717) is 25.4 Å². The van der Waals surface area contributed by atoms with Crippen LogP contribution in [0.3, 0.4) is 0 Å². The molecule has 5 heteroatoms. The molecule has 0 aliphatic carbocycles. The lowest BCUT2D eigenvalue weighted by molar-refractivity contribution is -0.190. The molecule has 1 aromatic heterocycles. The van der Waals surface area contributed by atoms with E-state index in [1.54, 1.807) is 6.20 Å². The fourth-order valence-corrected chi connectivity index (χ4v) is 5.17. The topological polar surface area (TPSA) is 51.7 Å². The minimum atomic E-state index is -0.244. The van der Waals surface area contributed by atoms with Gasteiger partial charge in [0.15, 0.2) is 0 Å². The van der Waals surface area contributed by atoms with Crippen molar-refractivity contribution in [3.63, 3.8) is 0 Å². The molecule has 1 amide bonds. The number of carbonyl (C=O) groups excluding carboxylic acids is 1. The van der Waals surface area contributed by atoms with Gasteiger partial charge in [0.2, 0.25) is 0 Å². The van der Waals surface area contributed by atoms with Crippen LogP contribution in [0.15, 0.2) is 66.9 Å². The summed E-state index contributed by atoms with van der Waals surface area (Å²) >= 11 is 0. The van der Waals surface area contributed by atoms with Gasteiger partial charge in [-0.2, -0.15) is 0 Å². The molecule has 3 heterocycles. The molecule has 2 saturated heterocycles. The summed E-state index contributed by atoms with van der Waals surface area (Å²) in [5.74, 6) is 0.00220. The van der Waals surface area contributed by atoms with E-state index in [-0.39, 0.29) is 23.7 Å². The minimum Gasteiger partial charge on any atom is -0.378 e. The fourth-order valence-electron chi connectivity index (χ4n) is 5.17. The first-order valence-electron chi connectivity index (χ1n) is 11.6. The predicted octanol–water partition coefficient (Wildman–Crippen LogP) is 5.17. The van der Waals surface area contributed by atoms with Gasteiger partial charge in [-0.05, 0) is 36.8 Å². The average molecular weight is 431 g/mol. The van der Waals surface area contributed by atoms with Crippen LogP contribution in [0, 0.1) is 0 Å². The zero-order chi connectivity index (χ0) is 22.0. The quantitative estimate of drug-likeness (QED) is 0.573. The molecule has 32 heavy (non-hydrogen) atoms. The summed E-state index contributed by atoms with van der Waals surface area (Å²) in [7, 11) is 0. The van der Waals surface area contributed by atoms with Crippen molar-refractivity contribution in [3.05, 3.63) is 78.1 Å². The Labute approximate surface area is 189 Å². The van der Waals surface area contributed by atoms with Gasteiger partial charge in [0.25, 0.3) is 5.91 Å². The molecule has 3 aromatic rings. The highest BCUT2D eigenvalue weighted by atomic mass is 16.5. The van der Waals surface area contributed by atoms with Crippen LogP contribution in [0.2, 0.25) is 0 Å². The van der Waals surface area contributed by atoms with Crippen molar-refractivity contribution < 1.29 is 14.3 Å². The molecule has 0 bridgehead atoms. The normalized spacial score (nSPS) is 22.8. The van der Waals surface area contributed by atoms with Crippen molar-refractivity contribution in [2.45, 2.75) is 50.4 Å². The molecule has 2 aromatic carbocycles. The molecule has 0 radical (unpaired) electrons. The number of piperidine rings is 1. The van der Waals surface area contributed by atoms with Gasteiger partial charge in [-0.1, -0.05) is 54.6 Å². The molecular formula is C27H30N2O3. The van der Waals surface area contributed by atoms with Crippen molar-refractivity contribution in [3.8, 4) is 0 Å². The molecule has 2 fully saturated rings. The van der Waals surface area contributed by atoms with Crippen molar-refractivity contribution in [2.24, 2.45) is 0 Å². The summed E-state index contributed by atoms with van der Waals surface area (Å²) in [5, 5.41) is 2.09. The molecule has 0 N–H and O–H groups in total. The number of aromatic nitrogens is 1. The Kier molecular flexibility index (Phi) is 5.94. The number of amides is 1. The molecule has 0 unspecified atom stereocenters. The largest absolute Gasteiger partial charge is 0.378 e. The summed E-state index contributed by atoms with van der Waals surface area (Å²) < 4.78 is 12.8. The first kappa shape index (κ1) is 21.1. The average Bonchev–Trinajstić information content (AvgIpc) is 2.84. The first-order chi connectivity index (χ1) is 15.7. The van der Waals surface area contributed by atoms with E-state index in [1.807, 2.05) is 41.3 Å². The second kappa shape index (κ2) is 9.00. The fraction of sp³-hybridized carbons (Fsp3) is 0.407. The Morgan fingerprint density at radius 3 is 2.56 bits per heavy atom. The van der Waals surface area contributed by atoms with E-state index < -0.39 is 0 Å². The van der Waals surface area contributed by atoms with Crippen LogP contribution < -0.4 is 0 Å². The second-order valence-corrected chi connectivity index (χ2v) is 8.93. The Morgan fingerprint density at radius 2 is 1.81 bits per heavy atom. The van der Waals surface area contributed by atoms with E-state index in [1.165, 1.54) is 5.56 Å². The van der Waals surface area contributed by atoms with E-state index in [9.17, 15) is 4.79 Å². The number of nitrogens with zero attached hydrogens (tertiary/aromatic N) is 2. The third-order valence-electron chi connectivity index (χ3n) is 6.85. The molecule has 5 nitrogen and oxygen atoms in total. The summed E-state index contributed by atoms with van der Waals surface area (Å²) in [6.07, 6.45) is 5.41. The van der Waals surface area contributed by atoms with E-state index in [0.717, 1.165) is 36.5 Å². The number of likely N-dealkylation sites (tertiary alicyclic amines) is 1. The monoisotopic (exact) mass is 430 g/mol. The van der Waals surface area contributed by atoms with Gasteiger partial charge in [0.05, 0.1) is 17.8 Å². The van der Waals surface area contributed by atoms with E-state index >= 15 is 0 Å². The minimum absolute atomic E-state index is 0.00220. The number of fused-ring (bicyclic) bond motifs is 1. The highest BCUT2D eigenvalue weighted by molar-refractivity contribution is 5.96. The van der Waals surface area contributed by atoms with Gasteiger partial charge >= 0.3 is 0 Å². The van der Waals surface area contributed by atoms with Gasteiger partial charge in [0, 0.05) is 44.1 Å². The van der Waals surface area contributed by atoms with Gasteiger partial charge in [-0.25, -0.2) is 0 Å². The van der Waals surface area contributed by atoms with Crippen LogP contribution in [0.25, 0.3) is 10.8 Å².